The second kappa shape index (κ2) is 7.11. The van der Waals surface area contributed by atoms with Gasteiger partial charge in [-0.1, -0.05) is 31.5 Å². The second-order valence-corrected chi connectivity index (χ2v) is 6.90. The minimum atomic E-state index is -1.20. The lowest BCUT2D eigenvalue weighted by Gasteiger charge is -2.33. The van der Waals surface area contributed by atoms with Gasteiger partial charge >= 0.3 is 5.97 Å². The minimum Gasteiger partial charge on any atom is -0.462 e. The van der Waals surface area contributed by atoms with Crippen LogP contribution in [0.15, 0.2) is 22.0 Å². The molecule has 25 heavy (non-hydrogen) atoms. The number of carbonyl (C=O) groups excluding carboxylic acids is 1. The topological polar surface area (TPSA) is 48.3 Å². The number of ether oxygens (including phenoxy) is 1. The molecule has 2 aromatic rings. The lowest BCUT2D eigenvalue weighted by atomic mass is 10.1. The van der Waals surface area contributed by atoms with Crippen molar-refractivity contribution in [3.05, 3.63) is 39.6 Å². The highest BCUT2D eigenvalue weighted by atomic mass is 32.2. The molecule has 1 aliphatic rings. The molecule has 0 saturated carbocycles. The smallest absolute Gasteiger partial charge is 0.344 e. The van der Waals surface area contributed by atoms with E-state index < -0.39 is 35.1 Å². The number of esters is 1. The van der Waals surface area contributed by atoms with Crippen LogP contribution in [0.3, 0.4) is 0 Å². The summed E-state index contributed by atoms with van der Waals surface area (Å²) in [5.41, 5.74) is -0.905. The fourth-order valence-electron chi connectivity index (χ4n) is 2.78. The normalized spacial score (nSPS) is 15.8. The van der Waals surface area contributed by atoms with Crippen LogP contribution in [0.4, 0.5) is 13.2 Å². The van der Waals surface area contributed by atoms with E-state index in [-0.39, 0.29) is 28.1 Å². The third kappa shape index (κ3) is 3.03. The molecule has 1 aromatic heterocycles. The lowest BCUT2D eigenvalue weighted by Crippen LogP contribution is -2.31. The Morgan fingerprint density at radius 3 is 2.68 bits per heavy atom. The highest BCUT2D eigenvalue weighted by molar-refractivity contribution is 8.00. The summed E-state index contributed by atoms with van der Waals surface area (Å²) in [4.78, 5) is 24.9. The first-order valence-corrected chi connectivity index (χ1v) is 8.84. The Hall–Kier alpha value is -1.96. The summed E-state index contributed by atoms with van der Waals surface area (Å²) in [5.74, 6) is -3.15. The van der Waals surface area contributed by atoms with Crippen molar-refractivity contribution in [2.75, 3.05) is 13.3 Å². The third-order valence-electron chi connectivity index (χ3n) is 4.06. The zero-order valence-corrected chi connectivity index (χ0v) is 14.3. The van der Waals surface area contributed by atoms with Crippen LogP contribution in [0.1, 0.15) is 41.9 Å². The zero-order chi connectivity index (χ0) is 18.1. The summed E-state index contributed by atoms with van der Waals surface area (Å²) < 4.78 is 46.7. The fourth-order valence-corrected chi connectivity index (χ4v) is 3.90. The SMILES string of the molecule is CCCCCOC(=O)c1c2n(c3cc(F)c(F)cc3c1=O)C(CF)S2. The van der Waals surface area contributed by atoms with E-state index >= 15 is 0 Å². The molecule has 3 rings (SSSR count). The highest BCUT2D eigenvalue weighted by Crippen LogP contribution is 2.47. The predicted octanol–water partition coefficient (Wildman–Crippen LogP) is 4.20. The molecular formula is C17H16F3NO3S. The number of unbranched alkanes of at least 4 members (excludes halogenated alkanes) is 2. The van der Waals surface area contributed by atoms with E-state index in [0.29, 0.717) is 6.42 Å². The van der Waals surface area contributed by atoms with Gasteiger partial charge in [-0.2, -0.15) is 0 Å². The number of pyridine rings is 1. The van der Waals surface area contributed by atoms with Crippen molar-refractivity contribution in [2.45, 2.75) is 36.6 Å². The van der Waals surface area contributed by atoms with Crippen LogP contribution in [0, 0.1) is 11.6 Å². The molecule has 2 heterocycles. The predicted molar refractivity (Wildman–Crippen MR) is 88.8 cm³/mol. The molecule has 134 valence electrons. The maximum absolute atomic E-state index is 13.6. The maximum atomic E-state index is 13.6. The third-order valence-corrected chi connectivity index (χ3v) is 5.29. The summed E-state index contributed by atoms with van der Waals surface area (Å²) in [6, 6.07) is 1.60. The number of alkyl halides is 1. The van der Waals surface area contributed by atoms with Crippen LogP contribution >= 0.6 is 11.8 Å². The maximum Gasteiger partial charge on any atom is 0.344 e. The number of halogens is 3. The highest BCUT2D eigenvalue weighted by Gasteiger charge is 2.36. The largest absolute Gasteiger partial charge is 0.462 e. The van der Waals surface area contributed by atoms with Crippen LogP contribution < -0.4 is 5.43 Å². The van der Waals surface area contributed by atoms with E-state index in [9.17, 15) is 22.8 Å². The second-order valence-electron chi connectivity index (χ2n) is 5.73. The summed E-state index contributed by atoms with van der Waals surface area (Å²) in [6.45, 7) is 1.40. The number of fused-ring (bicyclic) bond motifs is 3. The van der Waals surface area contributed by atoms with E-state index in [4.69, 9.17) is 4.74 Å². The van der Waals surface area contributed by atoms with Gasteiger partial charge in [0.05, 0.1) is 17.1 Å². The van der Waals surface area contributed by atoms with Gasteiger partial charge in [-0.25, -0.2) is 18.0 Å². The van der Waals surface area contributed by atoms with E-state index in [0.717, 1.165) is 36.7 Å². The molecule has 1 unspecified atom stereocenters. The van der Waals surface area contributed by atoms with Crippen LogP contribution in [0.25, 0.3) is 10.9 Å². The molecule has 0 bridgehead atoms. The first kappa shape index (κ1) is 17.8. The first-order chi connectivity index (χ1) is 12.0. The van der Waals surface area contributed by atoms with Gasteiger partial charge in [0.15, 0.2) is 11.6 Å². The van der Waals surface area contributed by atoms with Crippen LogP contribution in [-0.2, 0) is 4.74 Å². The van der Waals surface area contributed by atoms with Gasteiger partial charge in [0.1, 0.15) is 17.6 Å². The molecule has 1 aromatic carbocycles. The monoisotopic (exact) mass is 371 g/mol. The number of benzene rings is 1. The van der Waals surface area contributed by atoms with Crippen molar-refractivity contribution in [3.63, 3.8) is 0 Å². The number of rotatable bonds is 6. The van der Waals surface area contributed by atoms with E-state index in [1.807, 2.05) is 6.92 Å². The van der Waals surface area contributed by atoms with Gasteiger partial charge < -0.3 is 9.30 Å². The number of thioether (sulfide) groups is 1. The molecule has 0 radical (unpaired) electrons. The van der Waals surface area contributed by atoms with E-state index in [1.54, 1.807) is 0 Å². The van der Waals surface area contributed by atoms with Gasteiger partial charge in [-0.05, 0) is 12.5 Å². The number of hydrogen-bond acceptors (Lipinski definition) is 4. The minimum absolute atomic E-state index is 0.0721. The fraction of sp³-hybridized carbons (Fsp3) is 0.412. The zero-order valence-electron chi connectivity index (χ0n) is 13.5. The summed E-state index contributed by atoms with van der Waals surface area (Å²) in [5, 5.41) is -0.622. The van der Waals surface area contributed by atoms with Crippen molar-refractivity contribution in [1.82, 2.24) is 4.57 Å². The van der Waals surface area contributed by atoms with Gasteiger partial charge in [-0.15, -0.1) is 0 Å². The number of hydrogen-bond donors (Lipinski definition) is 0. The van der Waals surface area contributed by atoms with Crippen LogP contribution in [0.5, 0.6) is 0 Å². The van der Waals surface area contributed by atoms with Crippen molar-refractivity contribution in [1.29, 1.82) is 0 Å². The van der Waals surface area contributed by atoms with Gasteiger partial charge in [0.2, 0.25) is 5.43 Å². The van der Waals surface area contributed by atoms with Crippen LogP contribution in [-0.4, -0.2) is 23.8 Å². The summed E-state index contributed by atoms with van der Waals surface area (Å²) >= 11 is 1.01. The Balaban J connectivity index is 2.09. The molecule has 1 aliphatic heterocycles. The molecule has 0 fully saturated rings. The summed E-state index contributed by atoms with van der Waals surface area (Å²) in [6.07, 6.45) is 2.50. The lowest BCUT2D eigenvalue weighted by molar-refractivity contribution is 0.0490. The molecule has 0 N–H and O–H groups in total. The van der Waals surface area contributed by atoms with E-state index in [2.05, 4.69) is 0 Å². The molecule has 4 nitrogen and oxygen atoms in total. The van der Waals surface area contributed by atoms with Crippen LogP contribution in [0.2, 0.25) is 0 Å². The molecule has 0 aliphatic carbocycles. The Morgan fingerprint density at radius 2 is 2.00 bits per heavy atom. The molecule has 0 spiro atoms. The van der Waals surface area contributed by atoms with E-state index in [1.165, 1.54) is 4.57 Å². The number of aromatic nitrogens is 1. The van der Waals surface area contributed by atoms with Gasteiger partial charge in [0.25, 0.3) is 0 Å². The van der Waals surface area contributed by atoms with Crippen molar-refractivity contribution < 1.29 is 22.7 Å². The van der Waals surface area contributed by atoms with Crippen molar-refractivity contribution in [2.24, 2.45) is 0 Å². The Bertz CT molecular complexity index is 897. The molecular weight excluding hydrogens is 355 g/mol. The Morgan fingerprint density at radius 1 is 1.28 bits per heavy atom. The van der Waals surface area contributed by atoms with Gasteiger partial charge in [0, 0.05) is 11.5 Å². The summed E-state index contributed by atoms with van der Waals surface area (Å²) in [7, 11) is 0. The quantitative estimate of drug-likeness (QED) is 0.564. The van der Waals surface area contributed by atoms with Gasteiger partial charge in [-0.3, -0.25) is 4.79 Å². The average molecular weight is 371 g/mol. The first-order valence-electron chi connectivity index (χ1n) is 7.96. The molecule has 0 amide bonds. The molecule has 8 heteroatoms. The molecule has 0 saturated heterocycles. The van der Waals surface area contributed by atoms with Crippen molar-refractivity contribution in [3.8, 4) is 0 Å². The van der Waals surface area contributed by atoms with Crippen molar-refractivity contribution >= 4 is 28.6 Å². The number of carbonyl (C=O) groups is 1. The number of nitrogens with zero attached hydrogens (tertiary/aromatic N) is 1. The standard InChI is InChI=1S/C17H16F3NO3S/c1-2-3-4-5-24-17(23)14-15(22)9-6-10(19)11(20)7-12(9)21-13(8-18)25-16(14)21/h6-7,13H,2-5,8H2,1H3. The Kier molecular flexibility index (Phi) is 5.08. The molecule has 1 atom stereocenters. The Labute approximate surface area is 146 Å². The average Bonchev–Trinajstić information content (AvgIpc) is 2.56.